The third-order valence-corrected chi connectivity index (χ3v) is 4.54. The number of aromatic nitrogens is 1. The van der Waals surface area contributed by atoms with Gasteiger partial charge in [-0.15, -0.1) is 0 Å². The maximum absolute atomic E-state index is 12.9. The molecule has 0 atom stereocenters. The van der Waals surface area contributed by atoms with Crippen LogP contribution in [0.5, 0.6) is 11.6 Å². The topological polar surface area (TPSA) is 63.7 Å². The highest BCUT2D eigenvalue weighted by atomic mass is 32.2. The summed E-state index contributed by atoms with van der Waals surface area (Å²) < 4.78 is 18.5. The Kier molecular flexibility index (Phi) is 5.53. The van der Waals surface area contributed by atoms with Crippen LogP contribution in [0.1, 0.15) is 5.56 Å². The average molecular weight is 346 g/mol. The summed E-state index contributed by atoms with van der Waals surface area (Å²) >= 11 is 1.93. The number of benzene rings is 1. The van der Waals surface area contributed by atoms with Crippen molar-refractivity contribution in [2.45, 2.75) is 6.54 Å². The largest absolute Gasteiger partial charge is 0.439 e. The Balaban J connectivity index is 1.63. The molecule has 0 spiro atoms. The van der Waals surface area contributed by atoms with E-state index in [1.54, 1.807) is 18.3 Å². The number of guanidine groups is 1. The van der Waals surface area contributed by atoms with Gasteiger partial charge in [0.05, 0.1) is 6.54 Å². The third-order valence-electron chi connectivity index (χ3n) is 3.59. The van der Waals surface area contributed by atoms with Crippen molar-refractivity contribution in [1.82, 2.24) is 9.88 Å². The minimum Gasteiger partial charge on any atom is -0.439 e. The summed E-state index contributed by atoms with van der Waals surface area (Å²) in [6, 6.07) is 9.51. The number of thioether (sulfide) groups is 1. The zero-order valence-corrected chi connectivity index (χ0v) is 14.0. The molecule has 7 heteroatoms. The summed E-state index contributed by atoms with van der Waals surface area (Å²) in [5.41, 5.74) is 7.01. The number of hydrogen-bond donors (Lipinski definition) is 1. The fourth-order valence-corrected chi connectivity index (χ4v) is 3.20. The van der Waals surface area contributed by atoms with Gasteiger partial charge in [0.25, 0.3) is 0 Å². The van der Waals surface area contributed by atoms with Crippen molar-refractivity contribution in [2.24, 2.45) is 10.7 Å². The summed E-state index contributed by atoms with van der Waals surface area (Å²) in [6.07, 6.45) is 1.66. The van der Waals surface area contributed by atoms with E-state index in [9.17, 15) is 4.39 Å². The second-order valence-corrected chi connectivity index (χ2v) is 6.56. The standard InChI is InChI=1S/C17H19FN4OS/c18-14-1-3-15(4-2-14)23-16-11-13(5-6-20-16)12-21-17(19)22-7-9-24-10-8-22/h1-6,11H,7-10,12H2,(H2,19,21). The molecule has 0 saturated carbocycles. The highest BCUT2D eigenvalue weighted by Gasteiger charge is 2.12. The number of nitrogens with two attached hydrogens (primary N) is 1. The zero-order chi connectivity index (χ0) is 16.8. The second-order valence-electron chi connectivity index (χ2n) is 5.33. The van der Waals surface area contributed by atoms with Gasteiger partial charge in [0, 0.05) is 36.9 Å². The lowest BCUT2D eigenvalue weighted by atomic mass is 10.2. The molecule has 0 amide bonds. The Hall–Kier alpha value is -2.28. The van der Waals surface area contributed by atoms with E-state index in [2.05, 4.69) is 14.9 Å². The van der Waals surface area contributed by atoms with Crippen molar-refractivity contribution in [2.75, 3.05) is 24.6 Å². The van der Waals surface area contributed by atoms with E-state index in [4.69, 9.17) is 10.5 Å². The molecular weight excluding hydrogens is 327 g/mol. The summed E-state index contributed by atoms with van der Waals surface area (Å²) in [7, 11) is 0. The van der Waals surface area contributed by atoms with Crippen molar-refractivity contribution in [3.05, 3.63) is 54.0 Å². The van der Waals surface area contributed by atoms with Crippen LogP contribution in [0.15, 0.2) is 47.6 Å². The monoisotopic (exact) mass is 346 g/mol. The minimum absolute atomic E-state index is 0.301. The predicted octanol–water partition coefficient (Wildman–Crippen LogP) is 2.88. The SMILES string of the molecule is NC(=NCc1ccnc(Oc2ccc(F)cc2)c1)N1CCSCC1. The molecule has 0 aliphatic carbocycles. The van der Waals surface area contributed by atoms with Gasteiger partial charge in [-0.25, -0.2) is 14.4 Å². The van der Waals surface area contributed by atoms with Gasteiger partial charge in [0.15, 0.2) is 5.96 Å². The van der Waals surface area contributed by atoms with Crippen molar-refractivity contribution in [1.29, 1.82) is 0 Å². The molecule has 1 saturated heterocycles. The molecule has 5 nitrogen and oxygen atoms in total. The van der Waals surface area contributed by atoms with Gasteiger partial charge in [0.2, 0.25) is 5.88 Å². The lowest BCUT2D eigenvalue weighted by Crippen LogP contribution is -2.42. The van der Waals surface area contributed by atoms with Crippen molar-refractivity contribution < 1.29 is 9.13 Å². The van der Waals surface area contributed by atoms with Gasteiger partial charge in [-0.3, -0.25) is 0 Å². The smallest absolute Gasteiger partial charge is 0.219 e. The highest BCUT2D eigenvalue weighted by Crippen LogP contribution is 2.20. The Bertz CT molecular complexity index is 702. The quantitative estimate of drug-likeness (QED) is 0.681. The summed E-state index contributed by atoms with van der Waals surface area (Å²) in [5, 5.41) is 0. The number of hydrogen-bond acceptors (Lipinski definition) is 4. The number of rotatable bonds is 4. The predicted molar refractivity (Wildman–Crippen MR) is 94.9 cm³/mol. The van der Waals surface area contributed by atoms with E-state index in [1.807, 2.05) is 23.9 Å². The first-order valence-electron chi connectivity index (χ1n) is 7.72. The number of ether oxygens (including phenoxy) is 1. The number of halogens is 1. The highest BCUT2D eigenvalue weighted by molar-refractivity contribution is 7.99. The zero-order valence-electron chi connectivity index (χ0n) is 13.2. The second kappa shape index (κ2) is 8.01. The Morgan fingerprint density at radius 1 is 1.25 bits per heavy atom. The first-order chi connectivity index (χ1) is 11.7. The van der Waals surface area contributed by atoms with E-state index in [-0.39, 0.29) is 5.82 Å². The van der Waals surface area contributed by atoms with Crippen LogP contribution in [0.2, 0.25) is 0 Å². The van der Waals surface area contributed by atoms with Gasteiger partial charge < -0.3 is 15.4 Å². The first-order valence-corrected chi connectivity index (χ1v) is 8.87. The summed E-state index contributed by atoms with van der Waals surface area (Å²) in [6.45, 7) is 2.35. The van der Waals surface area contributed by atoms with Crippen molar-refractivity contribution >= 4 is 17.7 Å². The van der Waals surface area contributed by atoms with Crippen LogP contribution >= 0.6 is 11.8 Å². The van der Waals surface area contributed by atoms with Crippen LogP contribution in [0.3, 0.4) is 0 Å². The molecular formula is C17H19FN4OS. The number of aliphatic imine (C=N–C) groups is 1. The normalized spacial score (nSPS) is 15.4. The fourth-order valence-electron chi connectivity index (χ4n) is 2.29. The molecule has 2 heterocycles. The molecule has 1 fully saturated rings. The Labute approximate surface area is 144 Å². The fraction of sp³-hybridized carbons (Fsp3) is 0.294. The molecule has 2 N–H and O–H groups in total. The van der Waals surface area contributed by atoms with E-state index >= 15 is 0 Å². The van der Waals surface area contributed by atoms with Crippen LogP contribution in [0.4, 0.5) is 4.39 Å². The van der Waals surface area contributed by atoms with E-state index in [1.165, 1.54) is 12.1 Å². The van der Waals surface area contributed by atoms with Crippen LogP contribution in [-0.4, -0.2) is 40.4 Å². The number of pyridine rings is 1. The van der Waals surface area contributed by atoms with Gasteiger partial charge in [-0.1, -0.05) is 0 Å². The summed E-state index contributed by atoms with van der Waals surface area (Å²) in [5.74, 6) is 3.43. The van der Waals surface area contributed by atoms with E-state index in [0.717, 1.165) is 30.2 Å². The molecule has 2 aromatic rings. The van der Waals surface area contributed by atoms with Gasteiger partial charge >= 0.3 is 0 Å². The summed E-state index contributed by atoms with van der Waals surface area (Å²) in [4.78, 5) is 10.7. The maximum atomic E-state index is 12.9. The van der Waals surface area contributed by atoms with Crippen molar-refractivity contribution in [3.8, 4) is 11.6 Å². The lowest BCUT2D eigenvalue weighted by Gasteiger charge is -2.27. The van der Waals surface area contributed by atoms with Crippen LogP contribution in [0.25, 0.3) is 0 Å². The van der Waals surface area contributed by atoms with Crippen LogP contribution in [-0.2, 0) is 6.54 Å². The molecule has 0 bridgehead atoms. The molecule has 0 unspecified atom stereocenters. The molecule has 1 aliphatic rings. The molecule has 24 heavy (non-hydrogen) atoms. The van der Waals surface area contributed by atoms with E-state index < -0.39 is 0 Å². The Morgan fingerprint density at radius 3 is 2.75 bits per heavy atom. The van der Waals surface area contributed by atoms with Gasteiger partial charge in [-0.05, 0) is 35.9 Å². The van der Waals surface area contributed by atoms with Crippen LogP contribution in [0, 0.1) is 5.82 Å². The molecule has 1 aromatic heterocycles. The first kappa shape index (κ1) is 16.6. The number of nitrogens with zero attached hydrogens (tertiary/aromatic N) is 3. The molecule has 3 rings (SSSR count). The molecule has 1 aromatic carbocycles. The van der Waals surface area contributed by atoms with Gasteiger partial charge in [0.1, 0.15) is 11.6 Å². The lowest BCUT2D eigenvalue weighted by molar-refractivity contribution is 0.455. The Morgan fingerprint density at radius 2 is 2.00 bits per heavy atom. The third kappa shape index (κ3) is 4.61. The average Bonchev–Trinajstić information content (AvgIpc) is 2.63. The minimum atomic E-state index is -0.301. The molecule has 0 radical (unpaired) electrons. The van der Waals surface area contributed by atoms with Crippen LogP contribution < -0.4 is 10.5 Å². The molecule has 126 valence electrons. The van der Waals surface area contributed by atoms with Gasteiger partial charge in [-0.2, -0.15) is 11.8 Å². The van der Waals surface area contributed by atoms with Crippen molar-refractivity contribution in [3.63, 3.8) is 0 Å². The van der Waals surface area contributed by atoms with E-state index in [0.29, 0.717) is 24.1 Å². The molecule has 1 aliphatic heterocycles. The maximum Gasteiger partial charge on any atom is 0.219 e.